The zero-order valence-corrected chi connectivity index (χ0v) is 18.7. The maximum absolute atomic E-state index is 12.6. The SMILES string of the molecule is O=C(CCCn1c(=O)oc2cc([N+](=O)[O-])ccc21)OCc1nc2scc(-c3ccco3)c2c(=O)[nH]1. The first-order chi connectivity index (χ1) is 16.9. The van der Waals surface area contributed by atoms with Crippen LogP contribution in [0, 0.1) is 10.1 Å². The molecule has 0 aliphatic heterocycles. The average molecular weight is 496 g/mol. The molecule has 13 heteroatoms. The van der Waals surface area contributed by atoms with Crippen LogP contribution in [0.2, 0.25) is 0 Å². The van der Waals surface area contributed by atoms with Gasteiger partial charge in [0.2, 0.25) is 0 Å². The number of oxazole rings is 1. The minimum Gasteiger partial charge on any atom is -0.464 e. The first-order valence-corrected chi connectivity index (χ1v) is 11.3. The van der Waals surface area contributed by atoms with Crippen molar-refractivity contribution in [3.63, 3.8) is 0 Å². The van der Waals surface area contributed by atoms with Gasteiger partial charge in [-0.1, -0.05) is 0 Å². The number of aromatic amines is 1. The van der Waals surface area contributed by atoms with Gasteiger partial charge in [0.05, 0.1) is 28.2 Å². The van der Waals surface area contributed by atoms with Crippen LogP contribution in [0.4, 0.5) is 5.69 Å². The molecular weight excluding hydrogens is 480 g/mol. The molecule has 0 aliphatic rings. The highest BCUT2D eigenvalue weighted by atomic mass is 32.1. The van der Waals surface area contributed by atoms with E-state index >= 15 is 0 Å². The van der Waals surface area contributed by atoms with Crippen molar-refractivity contribution in [2.24, 2.45) is 0 Å². The molecule has 4 heterocycles. The summed E-state index contributed by atoms with van der Waals surface area (Å²) in [6, 6.07) is 7.36. The van der Waals surface area contributed by atoms with Gasteiger partial charge in [0.15, 0.2) is 5.58 Å². The lowest BCUT2D eigenvalue weighted by Crippen LogP contribution is -2.16. The molecule has 0 radical (unpaired) electrons. The van der Waals surface area contributed by atoms with Gasteiger partial charge >= 0.3 is 11.7 Å². The zero-order chi connectivity index (χ0) is 24.5. The molecule has 0 atom stereocenters. The van der Waals surface area contributed by atoms with Crippen molar-refractivity contribution in [1.82, 2.24) is 14.5 Å². The highest BCUT2D eigenvalue weighted by Gasteiger charge is 2.16. The Hall–Kier alpha value is -4.52. The van der Waals surface area contributed by atoms with Crippen molar-refractivity contribution in [1.29, 1.82) is 0 Å². The number of nitrogens with one attached hydrogen (secondary N) is 1. The van der Waals surface area contributed by atoms with Crippen molar-refractivity contribution >= 4 is 44.3 Å². The molecule has 4 aromatic heterocycles. The predicted molar refractivity (Wildman–Crippen MR) is 124 cm³/mol. The fourth-order valence-corrected chi connectivity index (χ4v) is 4.60. The zero-order valence-electron chi connectivity index (χ0n) is 17.9. The molecule has 5 rings (SSSR count). The molecular formula is C22H16N4O8S. The first-order valence-electron chi connectivity index (χ1n) is 10.4. The first kappa shape index (κ1) is 22.3. The van der Waals surface area contributed by atoms with Crippen LogP contribution in [0.3, 0.4) is 0 Å². The Bertz CT molecular complexity index is 1680. The fourth-order valence-electron chi connectivity index (χ4n) is 3.66. The molecule has 0 amide bonds. The summed E-state index contributed by atoms with van der Waals surface area (Å²) in [5, 5.41) is 13.1. The Labute approximate surface area is 198 Å². The summed E-state index contributed by atoms with van der Waals surface area (Å²) >= 11 is 1.28. The number of H-pyrrole nitrogens is 1. The molecule has 0 unspecified atom stereocenters. The second-order valence-corrected chi connectivity index (χ2v) is 8.37. The predicted octanol–water partition coefficient (Wildman–Crippen LogP) is 3.58. The number of fused-ring (bicyclic) bond motifs is 2. The number of furan rings is 1. The van der Waals surface area contributed by atoms with Crippen molar-refractivity contribution in [3.8, 4) is 11.3 Å². The molecule has 1 aromatic carbocycles. The Morgan fingerprint density at radius 1 is 1.29 bits per heavy atom. The molecule has 0 spiro atoms. The largest absolute Gasteiger partial charge is 0.464 e. The van der Waals surface area contributed by atoms with E-state index in [1.165, 1.54) is 40.4 Å². The maximum atomic E-state index is 12.6. The summed E-state index contributed by atoms with van der Waals surface area (Å²) in [5.41, 5.74) is 0.588. The lowest BCUT2D eigenvalue weighted by Gasteiger charge is -2.05. The molecule has 0 saturated heterocycles. The number of hydrogen-bond acceptors (Lipinski definition) is 10. The number of rotatable bonds is 8. The van der Waals surface area contributed by atoms with E-state index in [2.05, 4.69) is 9.97 Å². The number of nitro groups is 1. The van der Waals surface area contributed by atoms with Crippen LogP contribution < -0.4 is 11.3 Å². The van der Waals surface area contributed by atoms with Gasteiger partial charge in [-0.25, -0.2) is 9.78 Å². The second-order valence-electron chi connectivity index (χ2n) is 7.51. The number of carbonyl (C=O) groups is 1. The minimum atomic E-state index is -0.672. The van der Waals surface area contributed by atoms with E-state index in [1.54, 1.807) is 17.5 Å². The number of thiophene rings is 1. The monoisotopic (exact) mass is 496 g/mol. The number of benzene rings is 1. The Morgan fingerprint density at radius 3 is 2.91 bits per heavy atom. The van der Waals surface area contributed by atoms with E-state index in [1.807, 2.05) is 0 Å². The van der Waals surface area contributed by atoms with Crippen LogP contribution in [-0.2, 0) is 22.7 Å². The molecule has 178 valence electrons. The van der Waals surface area contributed by atoms with E-state index in [4.69, 9.17) is 13.6 Å². The van der Waals surface area contributed by atoms with Crippen molar-refractivity contribution in [2.45, 2.75) is 26.0 Å². The normalized spacial score (nSPS) is 11.3. The summed E-state index contributed by atoms with van der Waals surface area (Å²) < 4.78 is 16.9. The second kappa shape index (κ2) is 9.02. The summed E-state index contributed by atoms with van der Waals surface area (Å²) in [7, 11) is 0. The van der Waals surface area contributed by atoms with Crippen LogP contribution in [0.5, 0.6) is 0 Å². The Balaban J connectivity index is 1.20. The van der Waals surface area contributed by atoms with E-state index in [0.717, 1.165) is 0 Å². The van der Waals surface area contributed by atoms with Gasteiger partial charge in [-0.05, 0) is 24.6 Å². The fraction of sp³-hybridized carbons (Fsp3) is 0.182. The number of ether oxygens (including phenoxy) is 1. The number of aryl methyl sites for hydroxylation is 1. The highest BCUT2D eigenvalue weighted by molar-refractivity contribution is 7.17. The van der Waals surface area contributed by atoms with Gasteiger partial charge < -0.3 is 18.6 Å². The van der Waals surface area contributed by atoms with Gasteiger partial charge in [-0.2, -0.15) is 0 Å². The van der Waals surface area contributed by atoms with Gasteiger partial charge in [-0.3, -0.25) is 24.3 Å². The highest BCUT2D eigenvalue weighted by Crippen LogP contribution is 2.30. The third-order valence-electron chi connectivity index (χ3n) is 5.27. The molecule has 1 N–H and O–H groups in total. The van der Waals surface area contributed by atoms with E-state index in [0.29, 0.717) is 27.1 Å². The van der Waals surface area contributed by atoms with Crippen LogP contribution >= 0.6 is 11.3 Å². The molecule has 0 bridgehead atoms. The quantitative estimate of drug-likeness (QED) is 0.192. The smallest absolute Gasteiger partial charge is 0.419 e. The molecule has 0 aliphatic carbocycles. The van der Waals surface area contributed by atoms with Crippen LogP contribution in [0.15, 0.2) is 60.4 Å². The van der Waals surface area contributed by atoms with Gasteiger partial charge in [0.25, 0.3) is 11.2 Å². The molecule has 12 nitrogen and oxygen atoms in total. The summed E-state index contributed by atoms with van der Waals surface area (Å²) in [6.45, 7) is -0.0548. The number of nitro benzene ring substituents is 1. The van der Waals surface area contributed by atoms with Gasteiger partial charge in [-0.15, -0.1) is 11.3 Å². The number of aromatic nitrogens is 3. The average Bonchev–Trinajstić information content (AvgIpc) is 3.56. The molecule has 0 fully saturated rings. The molecule has 5 aromatic rings. The number of hydrogen-bond donors (Lipinski definition) is 1. The maximum Gasteiger partial charge on any atom is 0.419 e. The summed E-state index contributed by atoms with van der Waals surface area (Å²) in [6.07, 6.45) is 1.79. The standard InChI is InChI=1S/C22H16N4O8S/c27-18(4-1-7-25-14-6-5-12(26(30)31)9-16(14)34-22(25)29)33-10-17-23-20(28)19-13(11-35-21(19)24-17)15-3-2-8-32-15/h2-3,5-6,8-9,11H,1,4,7,10H2,(H,23,24,28). The summed E-state index contributed by atoms with van der Waals surface area (Å²) in [4.78, 5) is 54.6. The molecule has 0 saturated carbocycles. The number of non-ortho nitro benzene ring substituents is 1. The van der Waals surface area contributed by atoms with Gasteiger partial charge in [0, 0.05) is 30.0 Å². The van der Waals surface area contributed by atoms with Crippen molar-refractivity contribution in [2.75, 3.05) is 0 Å². The van der Waals surface area contributed by atoms with Crippen LogP contribution in [0.1, 0.15) is 18.7 Å². The Morgan fingerprint density at radius 2 is 2.14 bits per heavy atom. The number of carbonyl (C=O) groups excluding carboxylic acids is 1. The third-order valence-corrected chi connectivity index (χ3v) is 6.15. The number of nitrogens with zero attached hydrogens (tertiary/aromatic N) is 3. The van der Waals surface area contributed by atoms with Crippen LogP contribution in [-0.4, -0.2) is 25.4 Å². The Kier molecular flexibility index (Phi) is 5.74. The van der Waals surface area contributed by atoms with E-state index in [-0.39, 0.29) is 48.6 Å². The number of esters is 1. The third kappa shape index (κ3) is 4.36. The minimum absolute atomic E-state index is 0.000213. The lowest BCUT2D eigenvalue weighted by atomic mass is 10.2. The van der Waals surface area contributed by atoms with Crippen molar-refractivity contribution in [3.05, 3.63) is 78.8 Å². The van der Waals surface area contributed by atoms with Crippen molar-refractivity contribution < 1.29 is 23.3 Å². The topological polar surface area (TPSA) is 163 Å². The van der Waals surface area contributed by atoms with Crippen LogP contribution in [0.25, 0.3) is 32.6 Å². The lowest BCUT2D eigenvalue weighted by molar-refractivity contribution is -0.384. The molecule has 35 heavy (non-hydrogen) atoms. The van der Waals surface area contributed by atoms with E-state index < -0.39 is 16.6 Å². The summed E-state index contributed by atoms with van der Waals surface area (Å²) in [5.74, 6) is -0.437. The van der Waals surface area contributed by atoms with Gasteiger partial charge in [0.1, 0.15) is 23.0 Å². The van der Waals surface area contributed by atoms with E-state index in [9.17, 15) is 24.5 Å².